The number of carbonyl (C=O) groups excluding carboxylic acids is 2. The summed E-state index contributed by atoms with van der Waals surface area (Å²) >= 11 is 5.26. The monoisotopic (exact) mass is 608 g/mol. The Kier molecular flexibility index (Phi) is 22.6. The van der Waals surface area contributed by atoms with Gasteiger partial charge in [0.25, 0.3) is 0 Å². The average Bonchev–Trinajstić information content (AvgIpc) is 2.91. The maximum absolute atomic E-state index is 12.1. The summed E-state index contributed by atoms with van der Waals surface area (Å²) in [7, 11) is -4.41. The van der Waals surface area contributed by atoms with Gasteiger partial charge in [-0.15, -0.1) is 11.6 Å². The van der Waals surface area contributed by atoms with Crippen molar-refractivity contribution in [3.05, 3.63) is 48.8 Å². The second-order valence-corrected chi connectivity index (χ2v) is 10.3. The lowest BCUT2D eigenvalue weighted by Crippen LogP contribution is -2.18. The third-order valence-electron chi connectivity index (χ3n) is 3.68. The number of halogens is 1. The summed E-state index contributed by atoms with van der Waals surface area (Å²) in [6, 6.07) is 10.4. The summed E-state index contributed by atoms with van der Waals surface area (Å²) in [5.41, 5.74) is 0. The molecule has 0 bridgehead atoms. The van der Waals surface area contributed by atoms with Crippen molar-refractivity contribution in [1.29, 1.82) is 0 Å². The molecule has 0 spiro atoms. The first-order chi connectivity index (χ1) is 18.8. The minimum atomic E-state index is -3.35. The maximum atomic E-state index is 12.1. The number of amides is 2. The van der Waals surface area contributed by atoms with Crippen LogP contribution in [0.5, 0.6) is 0 Å². The number of hydrogen-bond acceptors (Lipinski definition) is 10. The summed E-state index contributed by atoms with van der Waals surface area (Å²) in [5.74, 6) is 0.195. The fourth-order valence-electron chi connectivity index (χ4n) is 2.36. The summed E-state index contributed by atoms with van der Waals surface area (Å²) in [6.07, 6.45) is 2.84. The lowest BCUT2D eigenvalue weighted by Gasteiger charge is -2.16. The molecule has 2 aromatic rings. The van der Waals surface area contributed by atoms with E-state index in [0.29, 0.717) is 31.5 Å². The van der Waals surface area contributed by atoms with Gasteiger partial charge in [-0.3, -0.25) is 14.2 Å². The fraction of sp³-hybridized carbons (Fsp3) is 0.500. The van der Waals surface area contributed by atoms with Gasteiger partial charge in [0.2, 0.25) is 11.8 Å². The van der Waals surface area contributed by atoms with Crippen molar-refractivity contribution in [2.45, 2.75) is 34.6 Å². The number of hydrogen-bond donors (Lipinski definition) is 2. The van der Waals surface area contributed by atoms with Gasteiger partial charge < -0.3 is 33.3 Å². The van der Waals surface area contributed by atoms with E-state index in [-0.39, 0.29) is 31.2 Å². The first-order valence-corrected chi connectivity index (χ1v) is 15.7. The topological polar surface area (TPSA) is 147 Å². The summed E-state index contributed by atoms with van der Waals surface area (Å²) in [5, 5.41) is 5.04. The zero-order chi connectivity index (χ0) is 29.4. The molecule has 39 heavy (non-hydrogen) atoms. The number of nitrogens with zero attached hydrogens (tertiary/aromatic N) is 2. The first-order valence-electron chi connectivity index (χ1n) is 12.3. The van der Waals surface area contributed by atoms with Gasteiger partial charge >= 0.3 is 16.2 Å². The van der Waals surface area contributed by atoms with Crippen molar-refractivity contribution in [2.75, 3.05) is 55.7 Å². The minimum Gasteiger partial charge on any atom is -0.313 e. The van der Waals surface area contributed by atoms with E-state index in [9.17, 15) is 14.2 Å². The molecule has 0 radical (unpaired) electrons. The second-order valence-electron chi connectivity index (χ2n) is 6.74. The molecular weight excluding hydrogens is 570 g/mol. The van der Waals surface area contributed by atoms with Crippen LogP contribution in [0.15, 0.2) is 48.8 Å². The van der Waals surface area contributed by atoms with Gasteiger partial charge in [-0.25, -0.2) is 9.97 Å². The average molecular weight is 609 g/mol. The lowest BCUT2D eigenvalue weighted by molar-refractivity contribution is -0.114. The summed E-state index contributed by atoms with van der Waals surface area (Å²) < 4.78 is 37.6. The zero-order valence-electron chi connectivity index (χ0n) is 23.0. The van der Waals surface area contributed by atoms with E-state index >= 15 is 0 Å². The Morgan fingerprint density at radius 2 is 1.21 bits per heavy atom. The van der Waals surface area contributed by atoms with Crippen molar-refractivity contribution in [3.8, 4) is 0 Å². The molecule has 12 nitrogen and oxygen atoms in total. The molecule has 2 amide bonds. The Labute approximate surface area is 237 Å². The number of aromatic nitrogens is 2. The van der Waals surface area contributed by atoms with Crippen molar-refractivity contribution >= 4 is 51.2 Å². The van der Waals surface area contributed by atoms with Crippen LogP contribution in [0, 0.1) is 0 Å². The van der Waals surface area contributed by atoms with E-state index in [1.165, 1.54) is 0 Å². The SMILES string of the molecule is CCOP(=O)(CC(=O)Nc1ccccn1)OCC.CCOP(OCC)OCC.O=C(CCl)Nc1ccccn1. The van der Waals surface area contributed by atoms with E-state index in [1.807, 2.05) is 20.8 Å². The Balaban J connectivity index is 0.000000593. The molecule has 0 saturated carbocycles. The van der Waals surface area contributed by atoms with Crippen LogP contribution in [0.1, 0.15) is 34.6 Å². The first kappa shape index (κ1) is 37.0. The molecule has 0 fully saturated rings. The number of carbonyl (C=O) groups is 2. The van der Waals surface area contributed by atoms with Gasteiger partial charge in [-0.1, -0.05) is 12.1 Å². The second kappa shape index (κ2) is 23.8. The highest BCUT2D eigenvalue weighted by molar-refractivity contribution is 7.54. The number of pyridine rings is 2. The number of nitrogens with one attached hydrogen (secondary N) is 2. The summed E-state index contributed by atoms with van der Waals surface area (Å²) in [6.45, 7) is 11.6. The van der Waals surface area contributed by atoms with Gasteiger partial charge in [-0.2, -0.15) is 0 Å². The van der Waals surface area contributed by atoms with Gasteiger partial charge in [-0.05, 0) is 58.9 Å². The lowest BCUT2D eigenvalue weighted by atomic mass is 10.4. The predicted molar refractivity (Wildman–Crippen MR) is 154 cm³/mol. The molecule has 0 aliphatic rings. The van der Waals surface area contributed by atoms with Crippen LogP contribution >= 0.6 is 27.8 Å². The molecular formula is C24H39ClN4O8P2. The zero-order valence-corrected chi connectivity index (χ0v) is 25.5. The van der Waals surface area contributed by atoms with Gasteiger partial charge in [0.05, 0.1) is 33.0 Å². The molecule has 0 atom stereocenters. The molecule has 0 aliphatic carbocycles. The van der Waals surface area contributed by atoms with E-state index in [4.69, 9.17) is 34.2 Å². The van der Waals surface area contributed by atoms with Gasteiger partial charge in [0.1, 0.15) is 23.7 Å². The molecule has 220 valence electrons. The van der Waals surface area contributed by atoms with Crippen LogP contribution in [0.25, 0.3) is 0 Å². The van der Waals surface area contributed by atoms with E-state index < -0.39 is 22.1 Å². The van der Waals surface area contributed by atoms with Crippen LogP contribution in [-0.2, 0) is 36.8 Å². The number of rotatable bonds is 15. The molecule has 15 heteroatoms. The minimum absolute atomic E-state index is 0.0451. The largest absolute Gasteiger partial charge is 0.340 e. The molecule has 2 aromatic heterocycles. The smallest absolute Gasteiger partial charge is 0.313 e. The quantitative estimate of drug-likeness (QED) is 0.186. The fourth-order valence-corrected chi connectivity index (χ4v) is 4.76. The highest BCUT2D eigenvalue weighted by Gasteiger charge is 2.27. The van der Waals surface area contributed by atoms with Crippen molar-refractivity contribution in [2.24, 2.45) is 0 Å². The number of anilines is 2. The van der Waals surface area contributed by atoms with E-state index in [2.05, 4.69) is 20.6 Å². The molecule has 2 heterocycles. The molecule has 2 N–H and O–H groups in total. The Hall–Kier alpha value is -2.01. The van der Waals surface area contributed by atoms with Crippen LogP contribution in [0.2, 0.25) is 0 Å². The van der Waals surface area contributed by atoms with Crippen LogP contribution < -0.4 is 10.6 Å². The molecule has 2 rings (SSSR count). The molecule has 0 aliphatic heterocycles. The van der Waals surface area contributed by atoms with Crippen LogP contribution in [0.3, 0.4) is 0 Å². The van der Waals surface area contributed by atoms with Crippen molar-refractivity contribution < 1.29 is 36.8 Å². The van der Waals surface area contributed by atoms with Crippen LogP contribution in [-0.4, -0.2) is 66.9 Å². The van der Waals surface area contributed by atoms with E-state index in [1.54, 1.807) is 62.6 Å². The maximum Gasteiger partial charge on any atom is 0.340 e. The highest BCUT2D eigenvalue weighted by Crippen LogP contribution is 2.47. The molecule has 0 aromatic carbocycles. The third-order valence-corrected chi connectivity index (χ3v) is 7.31. The van der Waals surface area contributed by atoms with Gasteiger partial charge in [0.15, 0.2) is 0 Å². The van der Waals surface area contributed by atoms with Crippen LogP contribution in [0.4, 0.5) is 11.6 Å². The van der Waals surface area contributed by atoms with Crippen molar-refractivity contribution in [3.63, 3.8) is 0 Å². The highest BCUT2D eigenvalue weighted by atomic mass is 35.5. The Morgan fingerprint density at radius 1 is 0.769 bits per heavy atom. The van der Waals surface area contributed by atoms with Crippen molar-refractivity contribution in [1.82, 2.24) is 9.97 Å². The molecule has 0 unspecified atom stereocenters. The Morgan fingerprint density at radius 3 is 1.54 bits per heavy atom. The standard InChI is InChI=1S/C11H17N2O4P.C7H7ClN2O.C6H15O3P/c1-3-16-18(15,17-4-2)9-11(14)13-10-7-5-6-8-12-10;8-5-7(11)10-6-3-1-2-4-9-6;1-4-7-10(8-5-2)9-6-3/h5-8H,3-4,9H2,1-2H3,(H,12,13,14);1-4H,5H2,(H,9,10,11);4-6H2,1-3H3. The normalized spacial score (nSPS) is 10.5. The van der Waals surface area contributed by atoms with E-state index in [0.717, 1.165) is 0 Å². The predicted octanol–water partition coefficient (Wildman–Crippen LogP) is 5.87. The third kappa shape index (κ3) is 19.7. The Bertz CT molecular complexity index is 924. The molecule has 0 saturated heterocycles. The number of alkyl halides is 1. The van der Waals surface area contributed by atoms with Gasteiger partial charge in [0, 0.05) is 12.4 Å². The summed E-state index contributed by atoms with van der Waals surface area (Å²) in [4.78, 5) is 30.2.